The van der Waals surface area contributed by atoms with Crippen LogP contribution in [0.2, 0.25) is 0 Å². The van der Waals surface area contributed by atoms with E-state index in [2.05, 4.69) is 35.2 Å². The van der Waals surface area contributed by atoms with E-state index in [9.17, 15) is 4.39 Å². The zero-order valence-electron chi connectivity index (χ0n) is 13.6. The van der Waals surface area contributed by atoms with E-state index in [1.165, 1.54) is 31.7 Å². The highest BCUT2D eigenvalue weighted by molar-refractivity contribution is 5.79. The van der Waals surface area contributed by atoms with E-state index < -0.39 is 0 Å². The van der Waals surface area contributed by atoms with Gasteiger partial charge in [0.15, 0.2) is 0 Å². The average Bonchev–Trinajstić information content (AvgIpc) is 2.75. The molecule has 2 fully saturated rings. The van der Waals surface area contributed by atoms with Crippen molar-refractivity contribution >= 4 is 5.57 Å². The summed E-state index contributed by atoms with van der Waals surface area (Å²) in [6.07, 6.45) is 7.16. The Kier molecular flexibility index (Phi) is 3.74. The van der Waals surface area contributed by atoms with Crippen LogP contribution in [0, 0.1) is 5.82 Å². The molecule has 3 aliphatic rings. The van der Waals surface area contributed by atoms with E-state index in [-0.39, 0.29) is 5.82 Å². The Labute approximate surface area is 137 Å². The van der Waals surface area contributed by atoms with Crippen LogP contribution in [0.5, 0.6) is 0 Å². The lowest BCUT2D eigenvalue weighted by Gasteiger charge is -2.43. The summed E-state index contributed by atoms with van der Waals surface area (Å²) in [4.78, 5) is 2.55. The van der Waals surface area contributed by atoms with Gasteiger partial charge in [0.25, 0.3) is 0 Å². The first-order valence-electron chi connectivity index (χ1n) is 8.51. The van der Waals surface area contributed by atoms with E-state index in [1.54, 1.807) is 12.1 Å². The summed E-state index contributed by atoms with van der Waals surface area (Å²) in [6.45, 7) is 4.87. The first-order chi connectivity index (χ1) is 11.1. The molecule has 2 atom stereocenters. The normalized spacial score (nSPS) is 31.4. The predicted octanol–water partition coefficient (Wildman–Crippen LogP) is 3.17. The number of benzene rings is 1. The molecule has 2 unspecified atom stereocenters. The lowest BCUT2D eigenvalue weighted by molar-refractivity contribution is 0.0764. The summed E-state index contributed by atoms with van der Waals surface area (Å²) >= 11 is 0. The smallest absolute Gasteiger partial charge is 0.123 e. The third-order valence-electron chi connectivity index (χ3n) is 5.73. The molecule has 0 saturated carbocycles. The number of hydrazine groups is 1. The van der Waals surface area contributed by atoms with Crippen LogP contribution in [0.4, 0.5) is 4.39 Å². The van der Waals surface area contributed by atoms with Gasteiger partial charge in [-0.25, -0.2) is 9.82 Å². The molecule has 3 heterocycles. The SMILES string of the molecule is C=C1CNN(C2CC3CCC(C2)N3C)C=C1c1cccc(F)c1. The van der Waals surface area contributed by atoms with Gasteiger partial charge in [-0.15, -0.1) is 0 Å². The van der Waals surface area contributed by atoms with Gasteiger partial charge in [0.2, 0.25) is 0 Å². The number of hydrogen-bond acceptors (Lipinski definition) is 3. The lowest BCUT2D eigenvalue weighted by atomic mass is 9.95. The second-order valence-corrected chi connectivity index (χ2v) is 7.07. The van der Waals surface area contributed by atoms with Gasteiger partial charge in [-0.2, -0.15) is 0 Å². The topological polar surface area (TPSA) is 18.5 Å². The van der Waals surface area contributed by atoms with Gasteiger partial charge < -0.3 is 9.91 Å². The molecule has 0 radical (unpaired) electrons. The van der Waals surface area contributed by atoms with E-state index in [0.717, 1.165) is 23.3 Å². The quantitative estimate of drug-likeness (QED) is 0.905. The van der Waals surface area contributed by atoms with Crippen molar-refractivity contribution in [1.82, 2.24) is 15.3 Å². The van der Waals surface area contributed by atoms with Crippen LogP contribution < -0.4 is 5.43 Å². The van der Waals surface area contributed by atoms with Gasteiger partial charge in [-0.05, 0) is 56.0 Å². The van der Waals surface area contributed by atoms with Crippen molar-refractivity contribution in [2.45, 2.75) is 43.8 Å². The van der Waals surface area contributed by atoms with Crippen molar-refractivity contribution in [3.8, 4) is 0 Å². The molecule has 3 nitrogen and oxygen atoms in total. The summed E-state index contributed by atoms with van der Waals surface area (Å²) in [5.41, 5.74) is 6.46. The van der Waals surface area contributed by atoms with Crippen LogP contribution in [0.3, 0.4) is 0 Å². The Bertz CT molecular complexity index is 640. The molecule has 3 aliphatic heterocycles. The summed E-state index contributed by atoms with van der Waals surface area (Å²) in [7, 11) is 2.26. The predicted molar refractivity (Wildman–Crippen MR) is 91.0 cm³/mol. The molecule has 0 spiro atoms. The molecule has 1 N–H and O–H groups in total. The Morgan fingerprint density at radius 1 is 1.17 bits per heavy atom. The molecular formula is C19H24FN3. The van der Waals surface area contributed by atoms with Crippen molar-refractivity contribution in [3.05, 3.63) is 54.0 Å². The molecule has 23 heavy (non-hydrogen) atoms. The molecular weight excluding hydrogens is 289 g/mol. The van der Waals surface area contributed by atoms with Gasteiger partial charge in [0.05, 0.1) is 0 Å². The Morgan fingerprint density at radius 3 is 2.61 bits per heavy atom. The zero-order chi connectivity index (χ0) is 16.0. The number of hydrogen-bond donors (Lipinski definition) is 1. The zero-order valence-corrected chi connectivity index (χ0v) is 13.6. The monoisotopic (exact) mass is 313 g/mol. The minimum atomic E-state index is -0.196. The Morgan fingerprint density at radius 2 is 1.91 bits per heavy atom. The fourth-order valence-corrected chi connectivity index (χ4v) is 4.34. The summed E-state index contributed by atoms with van der Waals surface area (Å²) < 4.78 is 13.6. The van der Waals surface area contributed by atoms with Crippen LogP contribution in [0.1, 0.15) is 31.2 Å². The van der Waals surface area contributed by atoms with Crippen LogP contribution in [0.25, 0.3) is 5.57 Å². The molecule has 2 bridgehead atoms. The molecule has 0 aliphatic carbocycles. The van der Waals surface area contributed by atoms with E-state index >= 15 is 0 Å². The van der Waals surface area contributed by atoms with Crippen LogP contribution in [0.15, 0.2) is 42.6 Å². The maximum atomic E-state index is 13.6. The second kappa shape index (κ2) is 5.77. The molecule has 0 aromatic heterocycles. The van der Waals surface area contributed by atoms with Crippen molar-refractivity contribution < 1.29 is 4.39 Å². The van der Waals surface area contributed by atoms with E-state index in [1.807, 2.05) is 6.07 Å². The van der Waals surface area contributed by atoms with E-state index in [0.29, 0.717) is 18.1 Å². The van der Waals surface area contributed by atoms with Crippen LogP contribution in [-0.4, -0.2) is 41.6 Å². The molecule has 1 aromatic rings. The van der Waals surface area contributed by atoms with Gasteiger partial charge in [-0.1, -0.05) is 18.7 Å². The minimum absolute atomic E-state index is 0.196. The molecule has 2 saturated heterocycles. The van der Waals surface area contributed by atoms with Gasteiger partial charge in [-0.3, -0.25) is 0 Å². The molecule has 1 aromatic carbocycles. The molecule has 122 valence electrons. The Hall–Kier alpha value is -1.65. The highest BCUT2D eigenvalue weighted by Crippen LogP contribution is 2.37. The van der Waals surface area contributed by atoms with Gasteiger partial charge >= 0.3 is 0 Å². The third-order valence-corrected chi connectivity index (χ3v) is 5.73. The van der Waals surface area contributed by atoms with Crippen LogP contribution in [-0.2, 0) is 0 Å². The van der Waals surface area contributed by atoms with Gasteiger partial charge in [0.1, 0.15) is 5.82 Å². The largest absolute Gasteiger partial charge is 0.312 e. The lowest BCUT2D eigenvalue weighted by Crippen LogP contribution is -2.52. The number of fused-ring (bicyclic) bond motifs is 2. The molecule has 4 heteroatoms. The Balaban J connectivity index is 1.59. The van der Waals surface area contributed by atoms with Gasteiger partial charge in [0, 0.05) is 36.4 Å². The molecule has 4 rings (SSSR count). The maximum Gasteiger partial charge on any atom is 0.123 e. The number of piperidine rings is 1. The first-order valence-corrected chi connectivity index (χ1v) is 8.51. The second-order valence-electron chi connectivity index (χ2n) is 7.07. The highest BCUT2D eigenvalue weighted by Gasteiger charge is 2.40. The first kappa shape index (κ1) is 14.9. The van der Waals surface area contributed by atoms with Crippen molar-refractivity contribution in [2.75, 3.05) is 13.6 Å². The number of nitrogens with zero attached hydrogens (tertiary/aromatic N) is 2. The summed E-state index contributed by atoms with van der Waals surface area (Å²) in [6, 6.07) is 8.73. The van der Waals surface area contributed by atoms with Crippen molar-refractivity contribution in [2.24, 2.45) is 0 Å². The maximum absolute atomic E-state index is 13.6. The fraction of sp³-hybridized carbons (Fsp3) is 0.474. The average molecular weight is 313 g/mol. The van der Waals surface area contributed by atoms with E-state index in [4.69, 9.17) is 0 Å². The number of rotatable bonds is 2. The minimum Gasteiger partial charge on any atom is -0.312 e. The summed E-state index contributed by atoms with van der Waals surface area (Å²) in [5, 5.41) is 2.26. The fourth-order valence-electron chi connectivity index (χ4n) is 4.34. The van der Waals surface area contributed by atoms with Crippen molar-refractivity contribution in [3.63, 3.8) is 0 Å². The number of nitrogens with one attached hydrogen (secondary N) is 1. The third kappa shape index (κ3) is 2.70. The van der Waals surface area contributed by atoms with Crippen molar-refractivity contribution in [1.29, 1.82) is 0 Å². The standard InChI is InChI=1S/C19H24FN3/c1-13-11-21-23(12-19(13)14-4-3-5-15(20)8-14)18-9-16-6-7-17(10-18)22(16)2/h3-5,8,12,16-18,21H,1,6-7,9-11H2,2H3. The number of halogens is 1. The molecule has 0 amide bonds. The highest BCUT2D eigenvalue weighted by atomic mass is 19.1. The van der Waals surface area contributed by atoms with Crippen LogP contribution >= 0.6 is 0 Å². The summed E-state index contributed by atoms with van der Waals surface area (Å²) in [5.74, 6) is -0.196.